The summed E-state index contributed by atoms with van der Waals surface area (Å²) < 4.78 is 43.4. The van der Waals surface area contributed by atoms with Gasteiger partial charge in [0.25, 0.3) is 0 Å². The molecule has 226 valence electrons. The molecule has 15 nitrogen and oxygen atoms in total. The van der Waals surface area contributed by atoms with Crippen LogP contribution in [0.1, 0.15) is 20.1 Å². The molecular weight excluding hydrogens is 581 g/mol. The Bertz CT molecular complexity index is 1760. The van der Waals surface area contributed by atoms with Crippen molar-refractivity contribution in [2.75, 3.05) is 26.6 Å². The van der Waals surface area contributed by atoms with Crippen LogP contribution in [0.2, 0.25) is 0 Å². The smallest absolute Gasteiger partial charge is 0.459 e. The monoisotopic (exact) mass is 611 g/mol. The highest BCUT2D eigenvalue weighted by Crippen LogP contribution is 2.50. The largest absolute Gasteiger partial charge is 0.479 e. The molecule has 5 rings (SSSR count). The van der Waals surface area contributed by atoms with Gasteiger partial charge in [0.1, 0.15) is 29.4 Å². The SMILES string of the molecule is COC(=O)[C@H](C)NP(=O)(OC[C@H]1O[C@@H](n2cnc3c(OC)nc(N)nc32)[C@](C)(C#N)[C@@H]1O)Oc1cccc2ccccc12. The number of carbonyl (C=O) groups excluding carboxylic acids is 1. The van der Waals surface area contributed by atoms with E-state index < -0.39 is 50.2 Å². The van der Waals surface area contributed by atoms with E-state index in [2.05, 4.69) is 26.1 Å². The minimum Gasteiger partial charge on any atom is -0.479 e. The summed E-state index contributed by atoms with van der Waals surface area (Å²) >= 11 is 0. The number of esters is 1. The molecule has 0 aliphatic carbocycles. The highest BCUT2D eigenvalue weighted by Gasteiger charge is 2.56. The molecule has 43 heavy (non-hydrogen) atoms. The van der Waals surface area contributed by atoms with Crippen LogP contribution < -0.4 is 20.1 Å². The van der Waals surface area contributed by atoms with Gasteiger partial charge in [0.15, 0.2) is 17.4 Å². The van der Waals surface area contributed by atoms with Crippen molar-refractivity contribution >= 4 is 41.6 Å². The van der Waals surface area contributed by atoms with Crippen LogP contribution in [-0.4, -0.2) is 69.7 Å². The second-order valence-corrected chi connectivity index (χ2v) is 11.7. The highest BCUT2D eigenvalue weighted by atomic mass is 31.2. The van der Waals surface area contributed by atoms with Gasteiger partial charge < -0.3 is 29.6 Å². The van der Waals surface area contributed by atoms with E-state index in [0.29, 0.717) is 5.39 Å². The zero-order valence-electron chi connectivity index (χ0n) is 23.7. The van der Waals surface area contributed by atoms with E-state index >= 15 is 0 Å². The summed E-state index contributed by atoms with van der Waals surface area (Å²) in [5.41, 5.74) is 4.78. The van der Waals surface area contributed by atoms with Crippen LogP contribution in [0.4, 0.5) is 5.95 Å². The first kappa shape index (κ1) is 30.1. The number of methoxy groups -OCH3 is 2. The van der Waals surface area contributed by atoms with E-state index in [-0.39, 0.29) is 28.7 Å². The van der Waals surface area contributed by atoms with Gasteiger partial charge in [0, 0.05) is 5.39 Å². The standard InChI is InChI=1S/C27H30N7O8P/c1-15(24(36)39-4)33-43(37,42-18-11-7-9-16-8-5-6-10-17(16)18)40-12-19-21(35)27(2,13-28)25(41-19)34-14-30-20-22(34)31-26(29)32-23(20)38-3/h5-11,14-15,19,21,25,35H,12H2,1-4H3,(H,33,37)(H2,29,31,32)/t15-,19+,21+,25+,27+,43?/m0/s1. The lowest BCUT2D eigenvalue weighted by Crippen LogP contribution is -2.38. The number of carbonyl (C=O) groups is 1. The fraction of sp³-hybridized carbons (Fsp3) is 0.370. The first-order valence-electron chi connectivity index (χ1n) is 13.1. The van der Waals surface area contributed by atoms with Crippen LogP contribution in [0.15, 0.2) is 48.8 Å². The molecule has 0 amide bonds. The van der Waals surface area contributed by atoms with Crippen molar-refractivity contribution in [2.24, 2.45) is 5.41 Å². The molecule has 2 aromatic carbocycles. The lowest BCUT2D eigenvalue weighted by atomic mass is 9.84. The Morgan fingerprint density at radius 3 is 2.74 bits per heavy atom. The maximum absolute atomic E-state index is 14.1. The van der Waals surface area contributed by atoms with Crippen molar-refractivity contribution in [1.29, 1.82) is 5.26 Å². The lowest BCUT2D eigenvalue weighted by Gasteiger charge is -2.26. The van der Waals surface area contributed by atoms with Crippen molar-refractivity contribution in [3.63, 3.8) is 0 Å². The van der Waals surface area contributed by atoms with Gasteiger partial charge >= 0.3 is 13.7 Å². The average Bonchev–Trinajstić information content (AvgIpc) is 3.53. The van der Waals surface area contributed by atoms with Crippen LogP contribution in [0.3, 0.4) is 0 Å². The number of ether oxygens (including phenoxy) is 3. The number of hydrogen-bond donors (Lipinski definition) is 3. The maximum Gasteiger partial charge on any atom is 0.459 e. The molecule has 4 aromatic rings. The van der Waals surface area contributed by atoms with Gasteiger partial charge in [-0.2, -0.15) is 20.3 Å². The molecule has 3 heterocycles. The number of hydrogen-bond acceptors (Lipinski definition) is 13. The van der Waals surface area contributed by atoms with Crippen molar-refractivity contribution in [1.82, 2.24) is 24.6 Å². The Hall–Kier alpha value is -4.32. The molecule has 0 radical (unpaired) electrons. The van der Waals surface area contributed by atoms with Crippen molar-refractivity contribution in [3.05, 3.63) is 48.8 Å². The summed E-state index contributed by atoms with van der Waals surface area (Å²) in [5.74, 6) is -0.450. The Morgan fingerprint density at radius 1 is 1.28 bits per heavy atom. The van der Waals surface area contributed by atoms with Gasteiger partial charge in [-0.15, -0.1) is 0 Å². The molecule has 6 atom stereocenters. The van der Waals surface area contributed by atoms with Crippen LogP contribution in [0.5, 0.6) is 11.6 Å². The second kappa shape index (κ2) is 11.8. The van der Waals surface area contributed by atoms with E-state index in [1.807, 2.05) is 18.2 Å². The molecule has 1 unspecified atom stereocenters. The normalized spacial score (nSPS) is 23.9. The number of anilines is 1. The van der Waals surface area contributed by atoms with E-state index in [0.717, 1.165) is 5.39 Å². The summed E-state index contributed by atoms with van der Waals surface area (Å²) in [6.07, 6.45) is -2.35. The van der Waals surface area contributed by atoms with Gasteiger partial charge in [0.05, 0.1) is 33.2 Å². The number of nitrogens with two attached hydrogens (primary N) is 1. The molecule has 0 spiro atoms. The molecule has 16 heteroatoms. The van der Waals surface area contributed by atoms with E-state index in [1.54, 1.807) is 24.3 Å². The minimum absolute atomic E-state index is 0.0967. The third-order valence-electron chi connectivity index (χ3n) is 7.16. The number of fused-ring (bicyclic) bond motifs is 2. The Labute approximate surface area is 246 Å². The minimum atomic E-state index is -4.33. The van der Waals surface area contributed by atoms with Crippen molar-refractivity contribution < 1.29 is 37.7 Å². The van der Waals surface area contributed by atoms with E-state index in [9.17, 15) is 19.7 Å². The number of aromatic nitrogens is 4. The number of imidazole rings is 1. The molecule has 2 aromatic heterocycles. The Morgan fingerprint density at radius 2 is 2.02 bits per heavy atom. The third-order valence-corrected chi connectivity index (χ3v) is 8.79. The van der Waals surface area contributed by atoms with E-state index in [4.69, 9.17) is 29.0 Å². The van der Waals surface area contributed by atoms with Gasteiger partial charge in [-0.1, -0.05) is 36.4 Å². The summed E-state index contributed by atoms with van der Waals surface area (Å²) in [7, 11) is -1.74. The summed E-state index contributed by atoms with van der Waals surface area (Å²) in [5, 5.41) is 25.5. The predicted octanol–water partition coefficient (Wildman–Crippen LogP) is 2.71. The molecule has 0 bridgehead atoms. The Kier molecular flexibility index (Phi) is 8.24. The van der Waals surface area contributed by atoms with Crippen LogP contribution in [0, 0.1) is 16.7 Å². The number of nitrogen functional groups attached to an aromatic ring is 1. The maximum atomic E-state index is 14.1. The fourth-order valence-electron chi connectivity index (χ4n) is 4.87. The second-order valence-electron chi connectivity index (χ2n) is 10.0. The number of aliphatic hydroxyl groups excluding tert-OH is 1. The van der Waals surface area contributed by atoms with Gasteiger partial charge in [0.2, 0.25) is 11.8 Å². The molecule has 1 aliphatic rings. The molecule has 1 saturated heterocycles. The van der Waals surface area contributed by atoms with E-state index in [1.165, 1.54) is 39.0 Å². The third kappa shape index (κ3) is 5.58. The lowest BCUT2D eigenvalue weighted by molar-refractivity contribution is -0.142. The Balaban J connectivity index is 1.45. The first-order chi connectivity index (χ1) is 20.5. The number of rotatable bonds is 10. The molecule has 1 aliphatic heterocycles. The van der Waals surface area contributed by atoms with Crippen LogP contribution in [0.25, 0.3) is 21.9 Å². The van der Waals surface area contributed by atoms with Crippen LogP contribution >= 0.6 is 7.75 Å². The predicted molar refractivity (Wildman–Crippen MR) is 153 cm³/mol. The average molecular weight is 612 g/mol. The first-order valence-corrected chi connectivity index (χ1v) is 14.6. The molecule has 4 N–H and O–H groups in total. The molecular formula is C27H30N7O8P. The highest BCUT2D eigenvalue weighted by molar-refractivity contribution is 7.52. The molecule has 1 fully saturated rings. The number of nitrogens with one attached hydrogen (secondary N) is 1. The number of nitrogens with zero attached hydrogens (tertiary/aromatic N) is 5. The topological polar surface area (TPSA) is 206 Å². The zero-order chi connectivity index (χ0) is 30.9. The van der Waals surface area contributed by atoms with Crippen LogP contribution in [-0.2, 0) is 23.4 Å². The quantitative estimate of drug-likeness (QED) is 0.174. The van der Waals surface area contributed by atoms with Gasteiger partial charge in [-0.3, -0.25) is 13.9 Å². The zero-order valence-corrected chi connectivity index (χ0v) is 24.6. The number of benzene rings is 2. The van der Waals surface area contributed by atoms with Gasteiger partial charge in [-0.05, 0) is 25.3 Å². The summed E-state index contributed by atoms with van der Waals surface area (Å²) in [4.78, 5) is 24.7. The van der Waals surface area contributed by atoms with Crippen molar-refractivity contribution in [2.45, 2.75) is 38.3 Å². The fourth-order valence-corrected chi connectivity index (χ4v) is 6.39. The number of nitriles is 1. The van der Waals surface area contributed by atoms with Gasteiger partial charge in [-0.25, -0.2) is 9.55 Å². The number of aliphatic hydroxyl groups is 1. The summed E-state index contributed by atoms with van der Waals surface area (Å²) in [6.45, 7) is 2.44. The van der Waals surface area contributed by atoms with Crippen molar-refractivity contribution in [3.8, 4) is 17.7 Å². The summed E-state index contributed by atoms with van der Waals surface area (Å²) in [6, 6.07) is 13.5. The molecule has 0 saturated carbocycles.